The minimum Gasteiger partial charge on any atom is -0.492 e. The molecule has 1 aromatic carbocycles. The van der Waals surface area contributed by atoms with E-state index in [2.05, 4.69) is 5.32 Å². The maximum atomic E-state index is 13.7. The van der Waals surface area contributed by atoms with Gasteiger partial charge in [0.05, 0.1) is 0 Å². The van der Waals surface area contributed by atoms with E-state index in [4.69, 9.17) is 4.74 Å². The molecule has 1 N–H and O–H groups in total. The first-order valence-electron chi connectivity index (χ1n) is 7.19. The number of carbonyl (C=O) groups excluding carboxylic acids is 1. The van der Waals surface area contributed by atoms with Crippen LogP contribution in [0.2, 0.25) is 0 Å². The van der Waals surface area contributed by atoms with Crippen LogP contribution in [0.1, 0.15) is 32.8 Å². The number of rotatable bonds is 9. The van der Waals surface area contributed by atoms with E-state index in [9.17, 15) is 9.18 Å². The van der Waals surface area contributed by atoms with E-state index >= 15 is 0 Å². The number of hydrogen-bond donors (Lipinski definition) is 1. The Labute approximate surface area is 120 Å². The highest BCUT2D eigenvalue weighted by Crippen LogP contribution is 2.19. The molecular weight excluding hydrogens is 257 g/mol. The molecule has 0 aliphatic rings. The van der Waals surface area contributed by atoms with E-state index in [1.165, 1.54) is 6.07 Å². The second-order valence-corrected chi connectivity index (χ2v) is 5.08. The SMILES string of the molecule is CCNCCOc1ccc(F)c(CCC(=O)C(C)C)c1. The molecule has 0 unspecified atom stereocenters. The topological polar surface area (TPSA) is 38.3 Å². The van der Waals surface area contributed by atoms with Crippen molar-refractivity contribution < 1.29 is 13.9 Å². The number of carbonyl (C=O) groups is 1. The molecule has 0 aliphatic heterocycles. The quantitative estimate of drug-likeness (QED) is 0.707. The minimum atomic E-state index is -0.277. The van der Waals surface area contributed by atoms with E-state index < -0.39 is 0 Å². The zero-order chi connectivity index (χ0) is 15.0. The van der Waals surface area contributed by atoms with Crippen LogP contribution >= 0.6 is 0 Å². The molecule has 0 heterocycles. The fourth-order valence-electron chi connectivity index (χ4n) is 1.80. The van der Waals surface area contributed by atoms with Crippen LogP contribution in [0.4, 0.5) is 4.39 Å². The molecule has 0 aliphatic carbocycles. The number of hydrogen-bond acceptors (Lipinski definition) is 3. The molecule has 0 radical (unpaired) electrons. The highest BCUT2D eigenvalue weighted by atomic mass is 19.1. The molecule has 0 atom stereocenters. The molecular formula is C16H24FNO2. The fraction of sp³-hybridized carbons (Fsp3) is 0.562. The van der Waals surface area contributed by atoms with Gasteiger partial charge in [0.1, 0.15) is 24.0 Å². The molecule has 0 fully saturated rings. The summed E-state index contributed by atoms with van der Waals surface area (Å²) in [5.41, 5.74) is 0.542. The highest BCUT2D eigenvalue weighted by Gasteiger charge is 2.10. The summed E-state index contributed by atoms with van der Waals surface area (Å²) in [6, 6.07) is 4.71. The Hall–Kier alpha value is -1.42. The third-order valence-electron chi connectivity index (χ3n) is 3.10. The molecule has 3 nitrogen and oxygen atoms in total. The predicted molar refractivity (Wildman–Crippen MR) is 78.6 cm³/mol. The van der Waals surface area contributed by atoms with Gasteiger partial charge in [0.15, 0.2) is 0 Å². The molecule has 0 saturated carbocycles. The lowest BCUT2D eigenvalue weighted by atomic mass is 10.0. The fourth-order valence-corrected chi connectivity index (χ4v) is 1.80. The van der Waals surface area contributed by atoms with Gasteiger partial charge in [-0.2, -0.15) is 0 Å². The summed E-state index contributed by atoms with van der Waals surface area (Å²) < 4.78 is 19.2. The van der Waals surface area contributed by atoms with Crippen LogP contribution in [-0.2, 0) is 11.2 Å². The Morgan fingerprint density at radius 1 is 1.40 bits per heavy atom. The van der Waals surface area contributed by atoms with E-state index in [1.54, 1.807) is 12.1 Å². The Bertz CT molecular complexity index is 432. The van der Waals surface area contributed by atoms with E-state index in [1.807, 2.05) is 20.8 Å². The maximum absolute atomic E-state index is 13.7. The minimum absolute atomic E-state index is 0.00221. The van der Waals surface area contributed by atoms with Gasteiger partial charge in [-0.3, -0.25) is 4.79 Å². The van der Waals surface area contributed by atoms with E-state index in [-0.39, 0.29) is 17.5 Å². The van der Waals surface area contributed by atoms with Gasteiger partial charge in [-0.15, -0.1) is 0 Å². The summed E-state index contributed by atoms with van der Waals surface area (Å²) in [6.07, 6.45) is 0.794. The van der Waals surface area contributed by atoms with Crippen LogP contribution in [0.3, 0.4) is 0 Å². The number of ether oxygens (including phenoxy) is 1. The normalized spacial score (nSPS) is 10.8. The monoisotopic (exact) mass is 281 g/mol. The van der Waals surface area contributed by atoms with Crippen LogP contribution in [0.25, 0.3) is 0 Å². The Morgan fingerprint density at radius 3 is 2.80 bits per heavy atom. The largest absolute Gasteiger partial charge is 0.492 e. The smallest absolute Gasteiger partial charge is 0.135 e. The zero-order valence-electron chi connectivity index (χ0n) is 12.5. The predicted octanol–water partition coefficient (Wildman–Crippen LogP) is 2.97. The Balaban J connectivity index is 2.55. The first kappa shape index (κ1) is 16.6. The first-order chi connectivity index (χ1) is 9.54. The lowest BCUT2D eigenvalue weighted by Gasteiger charge is -2.10. The summed E-state index contributed by atoms with van der Waals surface area (Å²) in [5, 5.41) is 3.15. The van der Waals surface area contributed by atoms with Crippen molar-refractivity contribution in [3.63, 3.8) is 0 Å². The van der Waals surface area contributed by atoms with Gasteiger partial charge in [-0.25, -0.2) is 4.39 Å². The summed E-state index contributed by atoms with van der Waals surface area (Å²) in [4.78, 5) is 11.6. The molecule has 0 spiro atoms. The molecule has 1 aromatic rings. The van der Waals surface area contributed by atoms with Gasteiger partial charge in [0, 0.05) is 18.9 Å². The van der Waals surface area contributed by atoms with Crippen LogP contribution in [0.15, 0.2) is 18.2 Å². The Kier molecular flexibility index (Phi) is 7.23. The molecule has 0 bridgehead atoms. The van der Waals surface area contributed by atoms with Crippen molar-refractivity contribution in [2.24, 2.45) is 5.92 Å². The molecule has 1 rings (SSSR count). The van der Waals surface area contributed by atoms with Crippen LogP contribution in [-0.4, -0.2) is 25.5 Å². The second kappa shape index (κ2) is 8.69. The van der Waals surface area contributed by atoms with Gasteiger partial charge in [-0.1, -0.05) is 20.8 Å². The average Bonchev–Trinajstić information content (AvgIpc) is 2.43. The number of likely N-dealkylation sites (N-methyl/N-ethyl adjacent to an activating group) is 1. The molecule has 0 aromatic heterocycles. The van der Waals surface area contributed by atoms with Crippen LogP contribution in [0, 0.1) is 11.7 Å². The third kappa shape index (κ3) is 5.70. The van der Waals surface area contributed by atoms with Crippen molar-refractivity contribution in [3.8, 4) is 5.75 Å². The maximum Gasteiger partial charge on any atom is 0.135 e. The van der Waals surface area contributed by atoms with Crippen molar-refractivity contribution in [2.75, 3.05) is 19.7 Å². The second-order valence-electron chi connectivity index (χ2n) is 5.08. The summed E-state index contributed by atoms with van der Waals surface area (Å²) in [6.45, 7) is 7.95. The third-order valence-corrected chi connectivity index (χ3v) is 3.10. The average molecular weight is 281 g/mol. The number of ketones is 1. The highest BCUT2D eigenvalue weighted by molar-refractivity contribution is 5.80. The van der Waals surface area contributed by atoms with Crippen molar-refractivity contribution in [1.29, 1.82) is 0 Å². The van der Waals surface area contributed by atoms with Crippen molar-refractivity contribution in [1.82, 2.24) is 5.32 Å². The first-order valence-corrected chi connectivity index (χ1v) is 7.19. The number of halogens is 1. The van der Waals surface area contributed by atoms with E-state index in [0.29, 0.717) is 30.8 Å². The Morgan fingerprint density at radius 2 is 2.15 bits per heavy atom. The molecule has 20 heavy (non-hydrogen) atoms. The summed E-state index contributed by atoms with van der Waals surface area (Å²) in [7, 11) is 0. The molecule has 4 heteroatoms. The van der Waals surface area contributed by atoms with Crippen molar-refractivity contribution in [3.05, 3.63) is 29.6 Å². The van der Waals surface area contributed by atoms with Crippen molar-refractivity contribution >= 4 is 5.78 Å². The van der Waals surface area contributed by atoms with Gasteiger partial charge < -0.3 is 10.1 Å². The standard InChI is InChI=1S/C16H24FNO2/c1-4-18-9-10-20-14-6-7-15(17)13(11-14)5-8-16(19)12(2)3/h6-7,11-12,18H,4-5,8-10H2,1-3H3. The van der Waals surface area contributed by atoms with Gasteiger partial charge >= 0.3 is 0 Å². The lowest BCUT2D eigenvalue weighted by Crippen LogP contribution is -2.20. The lowest BCUT2D eigenvalue weighted by molar-refractivity contribution is -0.121. The molecule has 112 valence electrons. The zero-order valence-corrected chi connectivity index (χ0v) is 12.5. The van der Waals surface area contributed by atoms with Crippen molar-refractivity contribution in [2.45, 2.75) is 33.6 Å². The summed E-state index contributed by atoms with van der Waals surface area (Å²) >= 11 is 0. The molecule has 0 saturated heterocycles. The van der Waals surface area contributed by atoms with Crippen LogP contribution in [0.5, 0.6) is 5.75 Å². The van der Waals surface area contributed by atoms with Gasteiger partial charge in [0.25, 0.3) is 0 Å². The van der Waals surface area contributed by atoms with Gasteiger partial charge in [-0.05, 0) is 36.7 Å². The molecule has 0 amide bonds. The number of Topliss-reactive ketones (excluding diaryl/α,β-unsaturated/α-hetero) is 1. The van der Waals surface area contributed by atoms with E-state index in [0.717, 1.165) is 13.1 Å². The number of nitrogens with one attached hydrogen (secondary N) is 1. The number of benzene rings is 1. The van der Waals surface area contributed by atoms with Gasteiger partial charge in [0.2, 0.25) is 0 Å². The number of aryl methyl sites for hydroxylation is 1. The van der Waals surface area contributed by atoms with Crippen LogP contribution < -0.4 is 10.1 Å². The summed E-state index contributed by atoms with van der Waals surface area (Å²) in [5.74, 6) is 0.525.